The second-order valence-corrected chi connectivity index (χ2v) is 4.94. The predicted octanol–water partition coefficient (Wildman–Crippen LogP) is 3.33. The molecule has 1 fully saturated rings. The minimum Gasteiger partial charge on any atom is -0.376 e. The molecule has 2 rings (SSSR count). The van der Waals surface area contributed by atoms with E-state index in [1.54, 1.807) is 0 Å². The first-order valence-corrected chi connectivity index (χ1v) is 5.63. The van der Waals surface area contributed by atoms with Crippen LogP contribution in [0, 0.1) is 21.3 Å². The van der Waals surface area contributed by atoms with Gasteiger partial charge in [0.05, 0.1) is 4.92 Å². The molecule has 0 amide bonds. The molecule has 1 unspecified atom stereocenters. The molecule has 0 aliphatic heterocycles. The molecule has 1 aromatic rings. The van der Waals surface area contributed by atoms with Gasteiger partial charge < -0.3 is 5.32 Å². The van der Waals surface area contributed by atoms with Gasteiger partial charge in [-0.25, -0.2) is 4.39 Å². The average molecular weight is 238 g/mol. The van der Waals surface area contributed by atoms with Crippen LogP contribution in [-0.2, 0) is 0 Å². The summed E-state index contributed by atoms with van der Waals surface area (Å²) >= 11 is 0. The Hall–Kier alpha value is -1.65. The van der Waals surface area contributed by atoms with E-state index in [4.69, 9.17) is 0 Å². The lowest BCUT2D eigenvalue weighted by Gasteiger charge is -2.21. The van der Waals surface area contributed by atoms with Crippen molar-refractivity contribution in [1.29, 1.82) is 0 Å². The van der Waals surface area contributed by atoms with Crippen LogP contribution in [0.15, 0.2) is 18.2 Å². The van der Waals surface area contributed by atoms with E-state index in [-0.39, 0.29) is 22.8 Å². The third-order valence-electron chi connectivity index (χ3n) is 3.61. The minimum atomic E-state index is -0.496. The van der Waals surface area contributed by atoms with Gasteiger partial charge in [0, 0.05) is 18.2 Å². The van der Waals surface area contributed by atoms with Crippen molar-refractivity contribution < 1.29 is 9.31 Å². The molecule has 1 atom stereocenters. The molecule has 0 bridgehead atoms. The number of nitro benzene ring substituents is 1. The van der Waals surface area contributed by atoms with E-state index < -0.39 is 10.7 Å². The van der Waals surface area contributed by atoms with Crippen molar-refractivity contribution in [3.8, 4) is 0 Å². The summed E-state index contributed by atoms with van der Waals surface area (Å²) in [6.07, 6.45) is 2.20. The molecule has 1 aromatic carbocycles. The quantitative estimate of drug-likeness (QED) is 0.646. The van der Waals surface area contributed by atoms with Crippen LogP contribution < -0.4 is 5.32 Å². The van der Waals surface area contributed by atoms with Crippen LogP contribution in [0.2, 0.25) is 0 Å². The van der Waals surface area contributed by atoms with Crippen molar-refractivity contribution in [1.82, 2.24) is 0 Å². The molecule has 0 spiro atoms. The maximum Gasteiger partial charge on any atom is 0.292 e. The smallest absolute Gasteiger partial charge is 0.292 e. The molecule has 1 saturated carbocycles. The first-order chi connectivity index (χ1) is 7.92. The van der Waals surface area contributed by atoms with Crippen LogP contribution in [0.3, 0.4) is 0 Å². The summed E-state index contributed by atoms with van der Waals surface area (Å²) < 4.78 is 13.1. The molecule has 0 aromatic heterocycles. The molecule has 5 heteroatoms. The fourth-order valence-electron chi connectivity index (χ4n) is 1.82. The van der Waals surface area contributed by atoms with Crippen LogP contribution in [0.5, 0.6) is 0 Å². The number of benzene rings is 1. The number of hydrogen-bond acceptors (Lipinski definition) is 3. The van der Waals surface area contributed by atoms with Gasteiger partial charge in [-0.05, 0) is 31.2 Å². The van der Waals surface area contributed by atoms with E-state index in [0.717, 1.165) is 18.9 Å². The molecule has 1 N–H and O–H groups in total. The van der Waals surface area contributed by atoms with Gasteiger partial charge in [-0.3, -0.25) is 10.1 Å². The third kappa shape index (κ3) is 2.38. The second-order valence-electron chi connectivity index (χ2n) is 4.94. The molecule has 0 radical (unpaired) electrons. The molecule has 1 aliphatic carbocycles. The monoisotopic (exact) mass is 238 g/mol. The Bertz CT molecular complexity index is 458. The van der Waals surface area contributed by atoms with Gasteiger partial charge >= 0.3 is 0 Å². The fraction of sp³-hybridized carbons (Fsp3) is 0.500. The van der Waals surface area contributed by atoms with Gasteiger partial charge in [0.25, 0.3) is 5.69 Å². The molecule has 0 saturated heterocycles. The highest BCUT2D eigenvalue weighted by atomic mass is 19.1. The standard InChI is InChI=1S/C12H15FN2O2/c1-8(12(2)5-6-12)14-10-7-9(13)3-4-11(10)15(16)17/h3-4,7-8,14H,5-6H2,1-2H3. The Kier molecular flexibility index (Phi) is 2.77. The number of anilines is 1. The number of hydrogen-bond donors (Lipinski definition) is 1. The molecule has 0 heterocycles. The first kappa shape index (κ1) is 11.8. The predicted molar refractivity (Wildman–Crippen MR) is 63.5 cm³/mol. The maximum atomic E-state index is 13.1. The zero-order chi connectivity index (χ0) is 12.6. The zero-order valence-corrected chi connectivity index (χ0v) is 9.87. The Morgan fingerprint density at radius 1 is 1.53 bits per heavy atom. The van der Waals surface area contributed by atoms with Crippen LogP contribution in [0.1, 0.15) is 26.7 Å². The Morgan fingerprint density at radius 3 is 2.71 bits per heavy atom. The summed E-state index contributed by atoms with van der Waals surface area (Å²) in [5, 5.41) is 13.9. The van der Waals surface area contributed by atoms with E-state index in [1.807, 2.05) is 6.92 Å². The topological polar surface area (TPSA) is 55.2 Å². The molecule has 92 valence electrons. The Morgan fingerprint density at radius 2 is 2.18 bits per heavy atom. The fourth-order valence-corrected chi connectivity index (χ4v) is 1.82. The highest BCUT2D eigenvalue weighted by molar-refractivity contribution is 5.62. The van der Waals surface area contributed by atoms with E-state index in [1.165, 1.54) is 12.1 Å². The molecule has 17 heavy (non-hydrogen) atoms. The number of halogens is 1. The van der Waals surface area contributed by atoms with Gasteiger partial charge in [-0.15, -0.1) is 0 Å². The van der Waals surface area contributed by atoms with Crippen LogP contribution >= 0.6 is 0 Å². The molecular weight excluding hydrogens is 223 g/mol. The lowest BCUT2D eigenvalue weighted by atomic mass is 10.0. The molecule has 4 nitrogen and oxygen atoms in total. The molecule has 1 aliphatic rings. The SMILES string of the molecule is CC(Nc1cc(F)ccc1[N+](=O)[O-])C1(C)CC1. The van der Waals surface area contributed by atoms with Gasteiger partial charge in [-0.2, -0.15) is 0 Å². The Balaban J connectivity index is 2.24. The van der Waals surface area contributed by atoms with E-state index in [2.05, 4.69) is 12.2 Å². The lowest BCUT2D eigenvalue weighted by molar-refractivity contribution is -0.384. The normalized spacial score (nSPS) is 18.5. The summed E-state index contributed by atoms with van der Waals surface area (Å²) in [5.41, 5.74) is 0.360. The third-order valence-corrected chi connectivity index (χ3v) is 3.61. The van der Waals surface area contributed by atoms with E-state index in [0.29, 0.717) is 0 Å². The summed E-state index contributed by atoms with van der Waals surface area (Å²) in [4.78, 5) is 10.3. The maximum absolute atomic E-state index is 13.1. The minimum absolute atomic E-state index is 0.0810. The van der Waals surface area contributed by atoms with Gasteiger partial charge in [0.1, 0.15) is 11.5 Å². The number of rotatable bonds is 4. The van der Waals surface area contributed by atoms with Gasteiger partial charge in [-0.1, -0.05) is 6.92 Å². The summed E-state index contributed by atoms with van der Waals surface area (Å²) in [5.74, 6) is -0.466. The number of nitrogens with one attached hydrogen (secondary N) is 1. The summed E-state index contributed by atoms with van der Waals surface area (Å²) in [6, 6.07) is 3.58. The largest absolute Gasteiger partial charge is 0.376 e. The van der Waals surface area contributed by atoms with E-state index >= 15 is 0 Å². The summed E-state index contributed by atoms with van der Waals surface area (Å²) in [7, 11) is 0. The van der Waals surface area contributed by atoms with Crippen LogP contribution in [0.25, 0.3) is 0 Å². The second kappa shape index (κ2) is 3.98. The first-order valence-electron chi connectivity index (χ1n) is 5.63. The molecular formula is C12H15FN2O2. The highest BCUT2D eigenvalue weighted by Gasteiger charge is 2.42. The van der Waals surface area contributed by atoms with Gasteiger partial charge in [0.15, 0.2) is 0 Å². The lowest BCUT2D eigenvalue weighted by Crippen LogP contribution is -2.25. The van der Waals surface area contributed by atoms with Crippen LogP contribution in [0.4, 0.5) is 15.8 Å². The van der Waals surface area contributed by atoms with Gasteiger partial charge in [0.2, 0.25) is 0 Å². The van der Waals surface area contributed by atoms with Crippen molar-refractivity contribution in [2.24, 2.45) is 5.41 Å². The zero-order valence-electron chi connectivity index (χ0n) is 9.87. The van der Waals surface area contributed by atoms with Crippen molar-refractivity contribution in [3.63, 3.8) is 0 Å². The Labute approximate surface area is 99.0 Å². The summed E-state index contributed by atoms with van der Waals surface area (Å²) in [6.45, 7) is 4.09. The van der Waals surface area contributed by atoms with Crippen LogP contribution in [-0.4, -0.2) is 11.0 Å². The van der Waals surface area contributed by atoms with Crippen molar-refractivity contribution in [3.05, 3.63) is 34.1 Å². The van der Waals surface area contributed by atoms with Crippen molar-refractivity contribution in [2.75, 3.05) is 5.32 Å². The van der Waals surface area contributed by atoms with E-state index in [9.17, 15) is 14.5 Å². The average Bonchev–Trinajstić information content (AvgIpc) is 2.97. The number of nitro groups is 1. The van der Waals surface area contributed by atoms with Crippen molar-refractivity contribution in [2.45, 2.75) is 32.7 Å². The highest BCUT2D eigenvalue weighted by Crippen LogP contribution is 2.49. The van der Waals surface area contributed by atoms with Crippen molar-refractivity contribution >= 4 is 11.4 Å². The number of nitrogens with zero attached hydrogens (tertiary/aromatic N) is 1.